The van der Waals surface area contributed by atoms with Crippen molar-refractivity contribution in [3.05, 3.63) is 46.1 Å². The number of nitrogens with one attached hydrogen (secondary N) is 1. The van der Waals surface area contributed by atoms with Crippen LogP contribution in [-0.2, 0) is 9.47 Å². The minimum atomic E-state index is -0.353. The van der Waals surface area contributed by atoms with E-state index in [0.29, 0.717) is 31.8 Å². The summed E-state index contributed by atoms with van der Waals surface area (Å²) < 4.78 is 11.5. The number of H-pyrrole nitrogens is 1. The number of carbonyl (C=O) groups is 1. The van der Waals surface area contributed by atoms with Gasteiger partial charge in [0.2, 0.25) is 0 Å². The summed E-state index contributed by atoms with van der Waals surface area (Å²) in [6, 6.07) is 3.43. The number of ether oxygens (including phenoxy) is 2. The van der Waals surface area contributed by atoms with Gasteiger partial charge >= 0.3 is 6.09 Å². The van der Waals surface area contributed by atoms with Crippen LogP contribution in [0.3, 0.4) is 0 Å². The van der Waals surface area contributed by atoms with Crippen LogP contribution in [-0.4, -0.2) is 64.4 Å². The molecule has 2 aromatic rings. The molecule has 0 fully saturated rings. The van der Waals surface area contributed by atoms with E-state index in [2.05, 4.69) is 15.3 Å². The molecule has 0 saturated heterocycles. The van der Waals surface area contributed by atoms with E-state index < -0.39 is 0 Å². The van der Waals surface area contributed by atoms with Crippen molar-refractivity contribution in [2.45, 2.75) is 13.3 Å². The van der Waals surface area contributed by atoms with Crippen LogP contribution in [0.5, 0.6) is 0 Å². The van der Waals surface area contributed by atoms with Gasteiger partial charge in [0.15, 0.2) is 0 Å². The van der Waals surface area contributed by atoms with Crippen molar-refractivity contribution in [1.82, 2.24) is 24.9 Å². The predicted octanol–water partition coefficient (Wildman–Crippen LogP) is 1.14. The number of aromatic amines is 1. The number of nitrogens with zero attached hydrogens (tertiary/aromatic N) is 4. The summed E-state index contributed by atoms with van der Waals surface area (Å²) >= 11 is 0. The summed E-state index contributed by atoms with van der Waals surface area (Å²) in [6.07, 6.45) is 3.80. The Morgan fingerprint density at radius 2 is 2.23 bits per heavy atom. The Hall–Kier alpha value is -2.94. The molecule has 1 amide bonds. The maximum atomic E-state index is 12.0. The molecule has 0 spiro atoms. The molecular formula is C17H21N5O4. The molecule has 9 nitrogen and oxygen atoms in total. The lowest BCUT2D eigenvalue weighted by Gasteiger charge is -2.25. The average Bonchev–Trinajstić information content (AvgIpc) is 3.03. The topological polar surface area (TPSA) is 102 Å². The third-order valence-electron chi connectivity index (χ3n) is 4.20. The van der Waals surface area contributed by atoms with Gasteiger partial charge in [-0.2, -0.15) is 0 Å². The van der Waals surface area contributed by atoms with Gasteiger partial charge in [-0.1, -0.05) is 11.3 Å². The van der Waals surface area contributed by atoms with E-state index in [1.54, 1.807) is 30.3 Å². The van der Waals surface area contributed by atoms with E-state index in [4.69, 9.17) is 9.47 Å². The van der Waals surface area contributed by atoms with Crippen molar-refractivity contribution in [3.63, 3.8) is 0 Å². The Balaban J connectivity index is 1.73. The van der Waals surface area contributed by atoms with Gasteiger partial charge in [0.25, 0.3) is 5.56 Å². The summed E-state index contributed by atoms with van der Waals surface area (Å²) in [7, 11) is 1.56. The van der Waals surface area contributed by atoms with E-state index in [0.717, 1.165) is 17.0 Å². The molecule has 3 rings (SSSR count). The molecule has 1 aliphatic rings. The molecule has 2 aromatic heterocycles. The highest BCUT2D eigenvalue weighted by Crippen LogP contribution is 2.24. The molecule has 138 valence electrons. The van der Waals surface area contributed by atoms with E-state index in [9.17, 15) is 9.59 Å². The van der Waals surface area contributed by atoms with Gasteiger partial charge in [-0.25, -0.2) is 9.48 Å². The number of carbonyl (C=O) groups excluding carboxylic acids is 1. The molecule has 26 heavy (non-hydrogen) atoms. The van der Waals surface area contributed by atoms with E-state index in [-0.39, 0.29) is 18.3 Å². The van der Waals surface area contributed by atoms with E-state index in [1.807, 2.05) is 13.0 Å². The van der Waals surface area contributed by atoms with Crippen LogP contribution in [0.15, 0.2) is 29.2 Å². The summed E-state index contributed by atoms with van der Waals surface area (Å²) in [4.78, 5) is 28.2. The molecule has 0 bridgehead atoms. The van der Waals surface area contributed by atoms with Gasteiger partial charge < -0.3 is 19.4 Å². The number of amides is 1. The maximum Gasteiger partial charge on any atom is 0.410 e. The van der Waals surface area contributed by atoms with E-state index >= 15 is 0 Å². The molecule has 3 heterocycles. The summed E-state index contributed by atoms with van der Waals surface area (Å²) in [5, 5.41) is 8.34. The van der Waals surface area contributed by atoms with Crippen molar-refractivity contribution in [1.29, 1.82) is 0 Å². The minimum absolute atomic E-state index is 0.227. The smallest absolute Gasteiger partial charge is 0.410 e. The van der Waals surface area contributed by atoms with Crippen molar-refractivity contribution >= 4 is 11.7 Å². The summed E-state index contributed by atoms with van der Waals surface area (Å²) in [5.74, 6) is 0. The largest absolute Gasteiger partial charge is 0.447 e. The zero-order chi connectivity index (χ0) is 18.5. The lowest BCUT2D eigenvalue weighted by Crippen LogP contribution is -2.35. The molecule has 0 radical (unpaired) electrons. The van der Waals surface area contributed by atoms with Crippen LogP contribution in [0, 0.1) is 6.92 Å². The zero-order valence-electron chi connectivity index (χ0n) is 14.8. The van der Waals surface area contributed by atoms with Crippen molar-refractivity contribution in [2.24, 2.45) is 0 Å². The first-order valence-electron chi connectivity index (χ1n) is 8.32. The van der Waals surface area contributed by atoms with Crippen LogP contribution in [0.4, 0.5) is 4.79 Å². The number of rotatable bonds is 5. The normalized spacial score (nSPS) is 14.2. The fourth-order valence-electron chi connectivity index (χ4n) is 2.79. The van der Waals surface area contributed by atoms with Crippen LogP contribution in [0.1, 0.15) is 17.8 Å². The molecule has 1 N–H and O–H groups in total. The first-order chi connectivity index (χ1) is 12.6. The Morgan fingerprint density at radius 1 is 1.38 bits per heavy atom. The molecule has 0 atom stereocenters. The van der Waals surface area contributed by atoms with Gasteiger partial charge in [-0.15, -0.1) is 5.10 Å². The second-order valence-corrected chi connectivity index (χ2v) is 5.85. The first kappa shape index (κ1) is 17.9. The quantitative estimate of drug-likeness (QED) is 0.803. The van der Waals surface area contributed by atoms with Crippen molar-refractivity contribution in [3.8, 4) is 5.69 Å². The van der Waals surface area contributed by atoms with Crippen molar-refractivity contribution < 1.29 is 14.3 Å². The predicted molar refractivity (Wildman–Crippen MR) is 94.1 cm³/mol. The zero-order valence-corrected chi connectivity index (χ0v) is 14.8. The third-order valence-corrected chi connectivity index (χ3v) is 4.20. The van der Waals surface area contributed by atoms with Gasteiger partial charge in [0.05, 0.1) is 12.3 Å². The Labute approximate surface area is 150 Å². The minimum Gasteiger partial charge on any atom is -0.447 e. The fourth-order valence-corrected chi connectivity index (χ4v) is 2.79. The molecule has 0 aromatic carbocycles. The molecule has 0 unspecified atom stereocenters. The first-order valence-corrected chi connectivity index (χ1v) is 8.32. The second kappa shape index (κ2) is 7.96. The number of aromatic nitrogens is 4. The van der Waals surface area contributed by atoms with Gasteiger partial charge in [0.1, 0.15) is 18.0 Å². The molecule has 1 aliphatic heterocycles. The monoisotopic (exact) mass is 359 g/mol. The lowest BCUT2D eigenvalue weighted by molar-refractivity contribution is 0.0741. The van der Waals surface area contributed by atoms with Crippen LogP contribution < -0.4 is 5.56 Å². The standard InChI is InChI=1S/C17H21N5O4/c1-12-15(19-20-22(12)14-4-3-7-18-16(14)23)13-5-8-21(9-6-13)17(24)26-11-10-25-2/h3-5,7H,6,8-11H2,1-2H3,(H,18,23). The number of hydrogen-bond acceptors (Lipinski definition) is 6. The number of hydrogen-bond donors (Lipinski definition) is 1. The summed E-state index contributed by atoms with van der Waals surface area (Å²) in [5.41, 5.74) is 2.71. The van der Waals surface area contributed by atoms with Crippen molar-refractivity contribution in [2.75, 3.05) is 33.4 Å². The van der Waals surface area contributed by atoms with Gasteiger partial charge in [-0.3, -0.25) is 4.79 Å². The highest BCUT2D eigenvalue weighted by molar-refractivity contribution is 5.72. The molecule has 0 aliphatic carbocycles. The Kier molecular flexibility index (Phi) is 5.47. The highest BCUT2D eigenvalue weighted by Gasteiger charge is 2.22. The average molecular weight is 359 g/mol. The molecule has 0 saturated carbocycles. The third kappa shape index (κ3) is 3.67. The lowest BCUT2D eigenvalue weighted by atomic mass is 10.0. The Bertz CT molecular complexity index is 870. The van der Waals surface area contributed by atoms with Crippen LogP contribution in [0.2, 0.25) is 0 Å². The second-order valence-electron chi connectivity index (χ2n) is 5.85. The van der Waals surface area contributed by atoms with Gasteiger partial charge in [-0.05, 0) is 31.1 Å². The summed E-state index contributed by atoms with van der Waals surface area (Å²) in [6.45, 7) is 3.46. The molecule has 9 heteroatoms. The van der Waals surface area contributed by atoms with E-state index in [1.165, 1.54) is 4.68 Å². The Morgan fingerprint density at radius 3 is 2.92 bits per heavy atom. The van der Waals surface area contributed by atoms with Gasteiger partial charge in [0, 0.05) is 26.4 Å². The van der Waals surface area contributed by atoms with Crippen LogP contribution in [0.25, 0.3) is 11.3 Å². The SMILES string of the molecule is COCCOC(=O)N1CC=C(c2nnn(-c3ccc[nH]c3=O)c2C)CC1. The highest BCUT2D eigenvalue weighted by atomic mass is 16.6. The fraction of sp³-hybridized carbons (Fsp3) is 0.412. The molecular weight excluding hydrogens is 338 g/mol. The number of pyridine rings is 1. The number of methoxy groups -OCH3 is 1. The van der Waals surface area contributed by atoms with Crippen LogP contribution >= 0.6 is 0 Å². The maximum absolute atomic E-state index is 12.0.